The van der Waals surface area contributed by atoms with E-state index in [1.54, 1.807) is 0 Å². The Labute approximate surface area is 105 Å². The van der Waals surface area contributed by atoms with Crippen LogP contribution in [-0.4, -0.2) is 6.61 Å². The maximum Gasteiger partial charge on any atom is 0.416 e. The van der Waals surface area contributed by atoms with Gasteiger partial charge in [0.25, 0.3) is 0 Å². The van der Waals surface area contributed by atoms with Gasteiger partial charge < -0.3 is 10.5 Å². The summed E-state index contributed by atoms with van der Waals surface area (Å²) in [6.07, 6.45) is -2.31. The molecule has 0 aromatic heterocycles. The summed E-state index contributed by atoms with van der Waals surface area (Å²) in [6, 6.07) is 3.16. The van der Waals surface area contributed by atoms with Crippen molar-refractivity contribution < 1.29 is 17.9 Å². The lowest BCUT2D eigenvalue weighted by atomic mass is 10.1. The lowest BCUT2D eigenvalue weighted by Crippen LogP contribution is -2.10. The molecular formula is C13H18F3NO. The van der Waals surface area contributed by atoms with Crippen molar-refractivity contribution in [3.05, 3.63) is 23.8 Å². The zero-order valence-corrected chi connectivity index (χ0v) is 10.6. The van der Waals surface area contributed by atoms with E-state index < -0.39 is 11.7 Å². The lowest BCUT2D eigenvalue weighted by Gasteiger charge is -2.15. The quantitative estimate of drug-likeness (QED) is 0.810. The second-order valence-electron chi connectivity index (χ2n) is 4.46. The largest absolute Gasteiger partial charge is 0.491 e. The van der Waals surface area contributed by atoms with Crippen molar-refractivity contribution >= 4 is 5.69 Å². The number of ether oxygens (including phenoxy) is 1. The highest BCUT2D eigenvalue weighted by atomic mass is 19.4. The van der Waals surface area contributed by atoms with Gasteiger partial charge >= 0.3 is 6.18 Å². The van der Waals surface area contributed by atoms with Crippen molar-refractivity contribution in [3.63, 3.8) is 0 Å². The van der Waals surface area contributed by atoms with E-state index in [-0.39, 0.29) is 5.69 Å². The maximum atomic E-state index is 12.4. The van der Waals surface area contributed by atoms with Crippen LogP contribution < -0.4 is 10.5 Å². The normalized spacial score (nSPS) is 13.4. The van der Waals surface area contributed by atoms with Crippen LogP contribution in [0.5, 0.6) is 5.75 Å². The second kappa shape index (κ2) is 5.98. The monoisotopic (exact) mass is 261 g/mol. The number of halogens is 3. The van der Waals surface area contributed by atoms with Crippen LogP contribution in [0.3, 0.4) is 0 Å². The van der Waals surface area contributed by atoms with Gasteiger partial charge in [0.15, 0.2) is 0 Å². The van der Waals surface area contributed by atoms with Gasteiger partial charge in [-0.2, -0.15) is 13.2 Å². The predicted octanol–water partition coefficient (Wildman–Crippen LogP) is 4.10. The minimum absolute atomic E-state index is 0.0218. The van der Waals surface area contributed by atoms with Crippen molar-refractivity contribution in [2.24, 2.45) is 5.92 Å². The minimum atomic E-state index is -4.37. The van der Waals surface area contributed by atoms with E-state index in [2.05, 4.69) is 6.92 Å². The third-order valence-corrected chi connectivity index (χ3v) is 2.64. The molecule has 0 radical (unpaired) electrons. The van der Waals surface area contributed by atoms with Crippen LogP contribution in [0.15, 0.2) is 18.2 Å². The smallest absolute Gasteiger partial charge is 0.416 e. The number of nitrogens with two attached hydrogens (primary N) is 1. The average Bonchev–Trinajstić information content (AvgIpc) is 2.26. The average molecular weight is 261 g/mol. The molecule has 0 spiro atoms. The zero-order valence-electron chi connectivity index (χ0n) is 10.6. The third kappa shape index (κ3) is 4.13. The summed E-state index contributed by atoms with van der Waals surface area (Å²) in [5.41, 5.74) is 4.82. The molecule has 0 fully saturated rings. The Kier molecular flexibility index (Phi) is 4.87. The highest BCUT2D eigenvalue weighted by Gasteiger charge is 2.30. The van der Waals surface area contributed by atoms with Gasteiger partial charge in [-0.25, -0.2) is 0 Å². The van der Waals surface area contributed by atoms with Crippen molar-refractivity contribution in [1.29, 1.82) is 0 Å². The lowest BCUT2D eigenvalue weighted by molar-refractivity contribution is -0.137. The van der Waals surface area contributed by atoms with E-state index in [4.69, 9.17) is 10.5 Å². The van der Waals surface area contributed by atoms with Crippen molar-refractivity contribution in [2.75, 3.05) is 12.3 Å². The zero-order chi connectivity index (χ0) is 13.8. The number of hydrogen-bond donors (Lipinski definition) is 1. The van der Waals surface area contributed by atoms with E-state index in [1.165, 1.54) is 6.07 Å². The van der Waals surface area contributed by atoms with Gasteiger partial charge in [-0.1, -0.05) is 20.3 Å². The van der Waals surface area contributed by atoms with Gasteiger partial charge in [0.05, 0.1) is 17.9 Å². The van der Waals surface area contributed by atoms with Crippen LogP contribution in [0.2, 0.25) is 0 Å². The molecule has 0 aliphatic carbocycles. The first-order chi connectivity index (χ1) is 8.34. The molecule has 1 atom stereocenters. The fraction of sp³-hybridized carbons (Fsp3) is 0.538. The first-order valence-electron chi connectivity index (χ1n) is 5.94. The molecule has 0 unspecified atom stereocenters. The molecule has 0 heterocycles. The Bertz CT molecular complexity index is 390. The topological polar surface area (TPSA) is 35.2 Å². The molecule has 0 aliphatic rings. The minimum Gasteiger partial charge on any atom is -0.491 e. The van der Waals surface area contributed by atoms with E-state index in [9.17, 15) is 13.2 Å². The molecule has 1 aromatic rings. The fourth-order valence-electron chi connectivity index (χ4n) is 1.66. The van der Waals surface area contributed by atoms with Gasteiger partial charge in [-0.3, -0.25) is 0 Å². The number of nitrogen functional groups attached to an aromatic ring is 1. The predicted molar refractivity (Wildman–Crippen MR) is 65.4 cm³/mol. The van der Waals surface area contributed by atoms with Crippen LogP contribution in [0.1, 0.15) is 32.3 Å². The Morgan fingerprint density at radius 2 is 2.00 bits per heavy atom. The van der Waals surface area contributed by atoms with Crippen molar-refractivity contribution in [1.82, 2.24) is 0 Å². The molecular weight excluding hydrogens is 243 g/mol. The van der Waals surface area contributed by atoms with E-state index in [0.717, 1.165) is 25.0 Å². The molecule has 18 heavy (non-hydrogen) atoms. The molecule has 0 aliphatic heterocycles. The number of rotatable bonds is 5. The molecule has 5 heteroatoms. The van der Waals surface area contributed by atoms with Crippen LogP contribution in [0.25, 0.3) is 0 Å². The molecule has 1 aromatic carbocycles. The number of anilines is 1. The van der Waals surface area contributed by atoms with Gasteiger partial charge in [0.2, 0.25) is 0 Å². The highest BCUT2D eigenvalue weighted by molar-refractivity contribution is 5.54. The van der Waals surface area contributed by atoms with Gasteiger partial charge in [-0.15, -0.1) is 0 Å². The first-order valence-corrected chi connectivity index (χ1v) is 5.94. The van der Waals surface area contributed by atoms with Gasteiger partial charge in [-0.05, 0) is 30.5 Å². The summed E-state index contributed by atoms with van der Waals surface area (Å²) in [5.74, 6) is 0.669. The van der Waals surface area contributed by atoms with Crippen LogP contribution in [0, 0.1) is 5.92 Å². The highest BCUT2D eigenvalue weighted by Crippen LogP contribution is 2.33. The summed E-state index contributed by atoms with van der Waals surface area (Å²) < 4.78 is 42.7. The molecule has 102 valence electrons. The van der Waals surface area contributed by atoms with Crippen molar-refractivity contribution in [3.8, 4) is 5.75 Å². The number of hydrogen-bond acceptors (Lipinski definition) is 2. The van der Waals surface area contributed by atoms with Crippen LogP contribution >= 0.6 is 0 Å². The van der Waals surface area contributed by atoms with E-state index in [0.29, 0.717) is 18.3 Å². The molecule has 0 saturated heterocycles. The third-order valence-electron chi connectivity index (χ3n) is 2.64. The first kappa shape index (κ1) is 14.7. The second-order valence-corrected chi connectivity index (χ2v) is 4.46. The number of benzene rings is 1. The Hall–Kier alpha value is -1.39. The van der Waals surface area contributed by atoms with Gasteiger partial charge in [0, 0.05) is 0 Å². The molecule has 0 saturated carbocycles. The van der Waals surface area contributed by atoms with E-state index in [1.807, 2.05) is 6.92 Å². The molecule has 2 nitrogen and oxygen atoms in total. The maximum absolute atomic E-state index is 12.4. The van der Waals surface area contributed by atoms with Crippen LogP contribution in [-0.2, 0) is 6.18 Å². The Morgan fingerprint density at radius 3 is 2.50 bits per heavy atom. The summed E-state index contributed by atoms with van der Waals surface area (Å²) in [7, 11) is 0. The standard InChI is InChI=1S/C13H18F3NO/c1-3-4-9(2)8-18-12-6-5-10(7-11(12)17)13(14,15)16/h5-7,9H,3-4,8,17H2,1-2H3/t9-/m0/s1. The summed E-state index contributed by atoms with van der Waals surface area (Å²) >= 11 is 0. The molecule has 1 rings (SSSR count). The fourth-order valence-corrected chi connectivity index (χ4v) is 1.66. The van der Waals surface area contributed by atoms with Crippen LogP contribution in [0.4, 0.5) is 18.9 Å². The SMILES string of the molecule is CCC[C@H](C)COc1ccc(C(F)(F)F)cc1N. The summed E-state index contributed by atoms with van der Waals surface area (Å²) in [4.78, 5) is 0. The Morgan fingerprint density at radius 1 is 1.33 bits per heavy atom. The summed E-state index contributed by atoms with van der Waals surface area (Å²) in [5, 5.41) is 0. The molecule has 0 amide bonds. The molecule has 0 bridgehead atoms. The Balaban J connectivity index is 2.69. The number of alkyl halides is 3. The molecule has 2 N–H and O–H groups in total. The summed E-state index contributed by atoms with van der Waals surface area (Å²) in [6.45, 7) is 4.57. The van der Waals surface area contributed by atoms with Gasteiger partial charge in [0.1, 0.15) is 5.75 Å². The van der Waals surface area contributed by atoms with Crippen molar-refractivity contribution in [2.45, 2.75) is 32.9 Å². The van der Waals surface area contributed by atoms with E-state index >= 15 is 0 Å².